The number of fused-ring (bicyclic) bond motifs is 1. The highest BCUT2D eigenvalue weighted by Crippen LogP contribution is 2.17. The molecule has 0 saturated heterocycles. The first-order valence-corrected chi connectivity index (χ1v) is 7.88. The van der Waals surface area contributed by atoms with Gasteiger partial charge in [-0.25, -0.2) is 18.1 Å². The van der Waals surface area contributed by atoms with Gasteiger partial charge in [-0.15, -0.1) is 0 Å². The lowest BCUT2D eigenvalue weighted by Gasteiger charge is -2.09. The van der Waals surface area contributed by atoms with Crippen molar-refractivity contribution in [2.45, 2.75) is 18.0 Å². The van der Waals surface area contributed by atoms with Gasteiger partial charge in [0.25, 0.3) is 0 Å². The minimum absolute atomic E-state index is 0.0663. The fraction of sp³-hybridized carbons (Fsp3) is 0.333. The molecule has 7 heteroatoms. The van der Waals surface area contributed by atoms with Crippen molar-refractivity contribution >= 4 is 9.84 Å². The van der Waals surface area contributed by atoms with Crippen LogP contribution in [0.2, 0.25) is 0 Å². The van der Waals surface area contributed by atoms with Crippen molar-refractivity contribution in [3.05, 3.63) is 35.8 Å². The van der Waals surface area contributed by atoms with E-state index in [-0.39, 0.29) is 5.03 Å². The molecule has 19 heavy (non-hydrogen) atoms. The summed E-state index contributed by atoms with van der Waals surface area (Å²) in [5, 5.41) is 7.84. The van der Waals surface area contributed by atoms with E-state index >= 15 is 0 Å². The summed E-state index contributed by atoms with van der Waals surface area (Å²) in [4.78, 5) is 3.88. The second-order valence-electron chi connectivity index (χ2n) is 4.60. The third kappa shape index (κ3) is 2.39. The lowest BCUT2D eigenvalue weighted by atomic mass is 10.1. The predicted octanol–water partition coefficient (Wildman–Crippen LogP) is 0.316. The van der Waals surface area contributed by atoms with Gasteiger partial charge < -0.3 is 5.32 Å². The monoisotopic (exact) mass is 278 g/mol. The van der Waals surface area contributed by atoms with Crippen molar-refractivity contribution < 1.29 is 8.42 Å². The molecule has 2 aromatic heterocycles. The van der Waals surface area contributed by atoms with Crippen LogP contribution in [0.3, 0.4) is 0 Å². The fourth-order valence-corrected chi connectivity index (χ4v) is 2.70. The highest BCUT2D eigenvalue weighted by atomic mass is 32.2. The van der Waals surface area contributed by atoms with Gasteiger partial charge in [-0.1, -0.05) is 0 Å². The number of aromatic nitrogens is 3. The van der Waals surface area contributed by atoms with Crippen LogP contribution >= 0.6 is 0 Å². The van der Waals surface area contributed by atoms with Crippen LogP contribution in [0, 0.1) is 0 Å². The van der Waals surface area contributed by atoms with Crippen LogP contribution in [0.25, 0.3) is 5.69 Å². The zero-order valence-electron chi connectivity index (χ0n) is 10.5. The standard InChI is InChI=1S/C12H14N4O2S/c1-19(17,18)12-6-10(2-5-14-12)16-8-9-7-13-4-3-11(9)15-16/h2,5-6,8,13H,3-4,7H2,1H3. The molecule has 1 N–H and O–H groups in total. The number of rotatable bonds is 2. The Hall–Kier alpha value is -1.73. The van der Waals surface area contributed by atoms with Crippen LogP contribution in [-0.4, -0.2) is 36.0 Å². The van der Waals surface area contributed by atoms with E-state index in [1.165, 1.54) is 6.20 Å². The predicted molar refractivity (Wildman–Crippen MR) is 69.9 cm³/mol. The van der Waals surface area contributed by atoms with E-state index in [4.69, 9.17) is 0 Å². The summed E-state index contributed by atoms with van der Waals surface area (Å²) in [5.41, 5.74) is 2.94. The Morgan fingerprint density at radius 2 is 2.26 bits per heavy atom. The molecule has 0 radical (unpaired) electrons. The van der Waals surface area contributed by atoms with E-state index in [0.717, 1.165) is 37.0 Å². The van der Waals surface area contributed by atoms with E-state index in [1.807, 2.05) is 6.20 Å². The quantitative estimate of drug-likeness (QED) is 0.856. The molecule has 0 amide bonds. The zero-order chi connectivity index (χ0) is 13.5. The number of nitrogens with zero attached hydrogens (tertiary/aromatic N) is 3. The minimum Gasteiger partial charge on any atom is -0.312 e. The minimum atomic E-state index is -3.30. The number of hydrogen-bond donors (Lipinski definition) is 1. The summed E-state index contributed by atoms with van der Waals surface area (Å²) in [6.07, 6.45) is 5.47. The normalized spacial score (nSPS) is 15.2. The van der Waals surface area contributed by atoms with Crippen LogP contribution in [0.1, 0.15) is 11.3 Å². The van der Waals surface area contributed by atoms with E-state index in [0.29, 0.717) is 5.69 Å². The maximum atomic E-state index is 11.5. The molecule has 0 atom stereocenters. The van der Waals surface area contributed by atoms with Crippen molar-refractivity contribution in [3.63, 3.8) is 0 Å². The largest absolute Gasteiger partial charge is 0.312 e. The Morgan fingerprint density at radius 3 is 3.00 bits per heavy atom. The lowest BCUT2D eigenvalue weighted by Crippen LogP contribution is -2.22. The topological polar surface area (TPSA) is 76.9 Å². The number of sulfone groups is 1. The maximum Gasteiger partial charge on any atom is 0.192 e. The molecule has 3 heterocycles. The van der Waals surface area contributed by atoms with Crippen LogP contribution in [0.4, 0.5) is 0 Å². The average Bonchev–Trinajstić information content (AvgIpc) is 2.81. The first-order valence-electron chi connectivity index (χ1n) is 5.99. The highest BCUT2D eigenvalue weighted by Gasteiger charge is 2.15. The molecule has 0 spiro atoms. The molecular weight excluding hydrogens is 264 g/mol. The van der Waals surface area contributed by atoms with Crippen LogP contribution in [0.5, 0.6) is 0 Å². The molecule has 0 bridgehead atoms. The van der Waals surface area contributed by atoms with E-state index < -0.39 is 9.84 Å². The summed E-state index contributed by atoms with van der Waals surface area (Å²) < 4.78 is 24.7. The molecule has 0 unspecified atom stereocenters. The lowest BCUT2D eigenvalue weighted by molar-refractivity contribution is 0.598. The van der Waals surface area contributed by atoms with Gasteiger partial charge in [0.15, 0.2) is 14.9 Å². The SMILES string of the molecule is CS(=O)(=O)c1cc(-n2cc3c(n2)CCNC3)ccn1. The molecule has 0 aliphatic carbocycles. The van der Waals surface area contributed by atoms with Gasteiger partial charge in [-0.2, -0.15) is 5.10 Å². The molecule has 0 fully saturated rings. The van der Waals surface area contributed by atoms with Gasteiger partial charge in [0.1, 0.15) is 0 Å². The van der Waals surface area contributed by atoms with Crippen molar-refractivity contribution in [1.29, 1.82) is 0 Å². The Labute approximate surface area is 111 Å². The van der Waals surface area contributed by atoms with Gasteiger partial charge in [0, 0.05) is 49.8 Å². The molecule has 100 valence electrons. The van der Waals surface area contributed by atoms with Crippen molar-refractivity contribution in [1.82, 2.24) is 20.1 Å². The smallest absolute Gasteiger partial charge is 0.192 e. The molecule has 0 aromatic carbocycles. The molecular formula is C12H14N4O2S. The van der Waals surface area contributed by atoms with Crippen molar-refractivity contribution in [3.8, 4) is 5.69 Å². The zero-order valence-corrected chi connectivity index (χ0v) is 11.3. The average molecular weight is 278 g/mol. The second kappa shape index (κ2) is 4.43. The first kappa shape index (κ1) is 12.3. The molecule has 1 aliphatic heterocycles. The molecule has 2 aromatic rings. The Balaban J connectivity index is 2.05. The molecule has 3 rings (SSSR count). The van der Waals surface area contributed by atoms with Gasteiger partial charge in [0.2, 0.25) is 0 Å². The highest BCUT2D eigenvalue weighted by molar-refractivity contribution is 7.90. The Morgan fingerprint density at radius 1 is 1.42 bits per heavy atom. The molecule has 6 nitrogen and oxygen atoms in total. The number of nitrogens with one attached hydrogen (secondary N) is 1. The van der Waals surface area contributed by atoms with Gasteiger partial charge in [-0.05, 0) is 6.07 Å². The summed E-state index contributed by atoms with van der Waals surface area (Å²) in [7, 11) is -3.30. The van der Waals surface area contributed by atoms with Crippen LogP contribution in [0.15, 0.2) is 29.6 Å². The third-order valence-corrected chi connectivity index (χ3v) is 4.08. The van der Waals surface area contributed by atoms with Crippen molar-refractivity contribution in [2.24, 2.45) is 0 Å². The molecule has 1 aliphatic rings. The first-order chi connectivity index (χ1) is 9.04. The van der Waals surface area contributed by atoms with Crippen LogP contribution in [-0.2, 0) is 22.8 Å². The van der Waals surface area contributed by atoms with Crippen LogP contribution < -0.4 is 5.32 Å². The van der Waals surface area contributed by atoms with E-state index in [1.54, 1.807) is 16.8 Å². The summed E-state index contributed by atoms with van der Waals surface area (Å²) in [5.74, 6) is 0. The fourth-order valence-electron chi connectivity index (χ4n) is 2.11. The van der Waals surface area contributed by atoms with Gasteiger partial charge in [-0.3, -0.25) is 0 Å². The van der Waals surface area contributed by atoms with E-state index in [9.17, 15) is 8.42 Å². The summed E-state index contributed by atoms with van der Waals surface area (Å²) in [6.45, 7) is 1.73. The number of pyridine rings is 1. The maximum absolute atomic E-state index is 11.5. The second-order valence-corrected chi connectivity index (χ2v) is 6.56. The van der Waals surface area contributed by atoms with E-state index in [2.05, 4.69) is 15.4 Å². The Kier molecular flexibility index (Phi) is 2.87. The van der Waals surface area contributed by atoms with Crippen molar-refractivity contribution in [2.75, 3.05) is 12.8 Å². The van der Waals surface area contributed by atoms with Gasteiger partial charge >= 0.3 is 0 Å². The summed E-state index contributed by atoms with van der Waals surface area (Å²) >= 11 is 0. The molecule has 0 saturated carbocycles. The Bertz CT molecular complexity index is 698. The number of hydrogen-bond acceptors (Lipinski definition) is 5. The van der Waals surface area contributed by atoms with Gasteiger partial charge in [0.05, 0.1) is 11.4 Å². The third-order valence-electron chi connectivity index (χ3n) is 3.09. The summed E-state index contributed by atoms with van der Waals surface area (Å²) in [6, 6.07) is 3.29.